The molecule has 0 atom stereocenters. The fourth-order valence-electron chi connectivity index (χ4n) is 4.39. The highest BCUT2D eigenvalue weighted by atomic mass is 16.2. The van der Waals surface area contributed by atoms with Crippen molar-refractivity contribution in [1.82, 2.24) is 14.1 Å². The van der Waals surface area contributed by atoms with Crippen LogP contribution in [0.4, 0.5) is 0 Å². The summed E-state index contributed by atoms with van der Waals surface area (Å²) in [5.41, 5.74) is 3.28. The first kappa shape index (κ1) is 19.6. The summed E-state index contributed by atoms with van der Waals surface area (Å²) in [6.07, 6.45) is 10.2. The Morgan fingerprint density at radius 2 is 1.55 bits per heavy atom. The summed E-state index contributed by atoms with van der Waals surface area (Å²) in [4.78, 5) is 29.8. The van der Waals surface area contributed by atoms with Crippen LogP contribution in [-0.2, 0) is 26.4 Å². The molecule has 2 aliphatic heterocycles. The second-order valence-corrected chi connectivity index (χ2v) is 8.16. The maximum atomic E-state index is 13.1. The maximum Gasteiger partial charge on any atom is 0.352 e. The molecule has 1 aromatic carbocycles. The largest absolute Gasteiger partial charge is 0.352 e. The monoisotopic (exact) mass is 391 g/mol. The molecule has 0 saturated heterocycles. The van der Waals surface area contributed by atoms with Crippen LogP contribution in [0.15, 0.2) is 46.0 Å². The van der Waals surface area contributed by atoms with Gasteiger partial charge in [-0.15, -0.1) is 0 Å². The Morgan fingerprint density at radius 3 is 2.28 bits per heavy atom. The van der Waals surface area contributed by atoms with Crippen molar-refractivity contribution >= 4 is 0 Å². The van der Waals surface area contributed by atoms with E-state index >= 15 is 0 Å². The van der Waals surface area contributed by atoms with Crippen LogP contribution in [0.25, 0.3) is 11.4 Å². The lowest BCUT2D eigenvalue weighted by molar-refractivity contribution is 0.563. The summed E-state index contributed by atoms with van der Waals surface area (Å²) in [7, 11) is 1.52. The molecule has 0 saturated carbocycles. The molecule has 4 rings (SSSR count). The van der Waals surface area contributed by atoms with Crippen molar-refractivity contribution in [3.05, 3.63) is 74.1 Å². The van der Waals surface area contributed by atoms with Gasteiger partial charge < -0.3 is 4.57 Å². The van der Waals surface area contributed by atoms with Crippen molar-refractivity contribution in [2.24, 2.45) is 7.05 Å². The summed E-state index contributed by atoms with van der Waals surface area (Å²) in [5.74, 6) is 0.548. The lowest BCUT2D eigenvalue weighted by Gasteiger charge is -2.23. The Hall–Kier alpha value is -2.69. The minimum absolute atomic E-state index is 0.226. The summed E-state index contributed by atoms with van der Waals surface area (Å²) >= 11 is 0. The highest BCUT2D eigenvalue weighted by molar-refractivity contribution is 5.62. The molecule has 152 valence electrons. The number of nitrogens with zero attached hydrogens (tertiary/aromatic N) is 3. The zero-order valence-electron chi connectivity index (χ0n) is 17.2. The van der Waals surface area contributed by atoms with Crippen molar-refractivity contribution < 1.29 is 0 Å². The minimum atomic E-state index is -0.478. The molecule has 1 aliphatic carbocycles. The van der Waals surface area contributed by atoms with E-state index in [9.17, 15) is 9.59 Å². The molecule has 0 amide bonds. The highest BCUT2D eigenvalue weighted by Gasteiger charge is 2.23. The van der Waals surface area contributed by atoms with Gasteiger partial charge in [0.2, 0.25) is 0 Å². The molecular weight excluding hydrogens is 362 g/mol. The summed E-state index contributed by atoms with van der Waals surface area (Å²) in [6.45, 7) is 0.618. The predicted octanol–water partition coefficient (Wildman–Crippen LogP) is 3.92. The van der Waals surface area contributed by atoms with E-state index in [1.807, 2.05) is 18.2 Å². The molecular formula is C24H29N3O2. The van der Waals surface area contributed by atoms with Gasteiger partial charge in [0.25, 0.3) is 5.56 Å². The second-order valence-electron chi connectivity index (χ2n) is 8.16. The first-order valence-electron chi connectivity index (χ1n) is 10.8. The van der Waals surface area contributed by atoms with Gasteiger partial charge in [0.15, 0.2) is 5.82 Å². The number of aromatic nitrogens is 3. The first-order chi connectivity index (χ1) is 14.1. The van der Waals surface area contributed by atoms with Gasteiger partial charge >= 0.3 is 5.69 Å². The average Bonchev–Trinajstić information content (AvgIpc) is 2.72. The van der Waals surface area contributed by atoms with Crippen molar-refractivity contribution in [3.8, 4) is 11.4 Å². The Labute approximate surface area is 171 Å². The van der Waals surface area contributed by atoms with Crippen LogP contribution in [0.2, 0.25) is 0 Å². The Kier molecular flexibility index (Phi) is 5.93. The zero-order valence-corrected chi connectivity index (χ0v) is 17.2. The van der Waals surface area contributed by atoms with Gasteiger partial charge in [0.1, 0.15) is 0 Å². The van der Waals surface area contributed by atoms with Crippen molar-refractivity contribution in [1.29, 1.82) is 0 Å². The van der Waals surface area contributed by atoms with E-state index in [1.54, 1.807) is 0 Å². The van der Waals surface area contributed by atoms with E-state index in [-0.39, 0.29) is 5.56 Å². The van der Waals surface area contributed by atoms with Gasteiger partial charge in [-0.3, -0.25) is 9.36 Å². The molecule has 0 radical (unpaired) electrons. The van der Waals surface area contributed by atoms with E-state index in [2.05, 4.69) is 27.8 Å². The van der Waals surface area contributed by atoms with Gasteiger partial charge in [-0.1, -0.05) is 62.4 Å². The SMILES string of the molecule is Cn1c(=O)nc2n(Cc3ccccc3)c3cc(c-2c1=O)CCCCCCCCC3. The molecule has 0 unspecified atom stereocenters. The normalized spacial score (nSPS) is 15.6. The first-order valence-corrected chi connectivity index (χ1v) is 10.8. The van der Waals surface area contributed by atoms with Gasteiger partial charge in [-0.2, -0.15) is 4.98 Å². The molecule has 0 aromatic heterocycles. The predicted molar refractivity (Wildman–Crippen MR) is 116 cm³/mol. The van der Waals surface area contributed by atoms with Crippen LogP contribution in [-0.4, -0.2) is 14.1 Å². The van der Waals surface area contributed by atoms with Crippen molar-refractivity contribution in [2.75, 3.05) is 0 Å². The lowest BCUT2D eigenvalue weighted by Crippen LogP contribution is -2.37. The van der Waals surface area contributed by atoms with Crippen LogP contribution < -0.4 is 11.2 Å². The van der Waals surface area contributed by atoms with Crippen molar-refractivity contribution in [3.63, 3.8) is 0 Å². The summed E-state index contributed by atoms with van der Waals surface area (Å²) < 4.78 is 3.24. The number of pyridine rings is 1. The number of rotatable bonds is 2. The zero-order chi connectivity index (χ0) is 20.2. The van der Waals surface area contributed by atoms with E-state index in [0.29, 0.717) is 17.9 Å². The number of hydrogen-bond acceptors (Lipinski definition) is 3. The molecule has 3 aliphatic rings. The van der Waals surface area contributed by atoms with E-state index in [1.165, 1.54) is 44.8 Å². The quantitative estimate of drug-likeness (QED) is 0.665. The molecule has 5 heteroatoms. The molecule has 2 heterocycles. The standard InChI is InChI=1S/C24H29N3O2/c1-26-23(28)21-19-14-10-5-3-2-4-6-11-15-20(16-19)27(22(21)25-24(26)29)17-18-12-8-7-9-13-18/h7-9,12-13,16H,2-6,10-11,14-15,17H2,1H3. The molecule has 5 nitrogen and oxygen atoms in total. The summed E-state index contributed by atoms with van der Waals surface area (Å²) in [6, 6.07) is 12.4. The number of aryl methyl sites for hydroxylation is 2. The molecule has 0 spiro atoms. The van der Waals surface area contributed by atoms with E-state index in [4.69, 9.17) is 0 Å². The van der Waals surface area contributed by atoms with Gasteiger partial charge in [0.05, 0.1) is 5.56 Å². The number of hydrogen-bond donors (Lipinski definition) is 0. The second kappa shape index (κ2) is 8.76. The summed E-state index contributed by atoms with van der Waals surface area (Å²) in [5, 5.41) is 0. The molecule has 0 fully saturated rings. The van der Waals surface area contributed by atoms with Crippen molar-refractivity contribution in [2.45, 2.75) is 64.3 Å². The number of fused-ring (bicyclic) bond motifs is 4. The lowest BCUT2D eigenvalue weighted by atomic mass is 9.96. The van der Waals surface area contributed by atoms with E-state index in [0.717, 1.165) is 41.4 Å². The van der Waals surface area contributed by atoms with Crippen LogP contribution in [0.1, 0.15) is 61.8 Å². The smallest absolute Gasteiger partial charge is 0.325 e. The van der Waals surface area contributed by atoms with E-state index < -0.39 is 5.69 Å². The third-order valence-electron chi connectivity index (χ3n) is 6.06. The molecule has 0 N–H and O–H groups in total. The minimum Gasteiger partial charge on any atom is -0.325 e. The molecule has 29 heavy (non-hydrogen) atoms. The van der Waals surface area contributed by atoms with Gasteiger partial charge in [-0.05, 0) is 42.9 Å². The topological polar surface area (TPSA) is 56.9 Å². The highest BCUT2D eigenvalue weighted by Crippen LogP contribution is 2.27. The maximum absolute atomic E-state index is 13.1. The fourth-order valence-corrected chi connectivity index (χ4v) is 4.39. The third-order valence-corrected chi connectivity index (χ3v) is 6.06. The third kappa shape index (κ3) is 4.19. The van der Waals surface area contributed by atoms with Crippen LogP contribution in [0, 0.1) is 0 Å². The Morgan fingerprint density at radius 1 is 0.897 bits per heavy atom. The Balaban J connectivity index is 1.92. The van der Waals surface area contributed by atoms with Crippen LogP contribution in [0.5, 0.6) is 0 Å². The Bertz CT molecular complexity index is 1070. The van der Waals surface area contributed by atoms with Crippen LogP contribution >= 0.6 is 0 Å². The molecule has 1 aromatic rings. The van der Waals surface area contributed by atoms with Crippen LogP contribution in [0.3, 0.4) is 0 Å². The average molecular weight is 392 g/mol. The molecule has 2 bridgehead atoms. The van der Waals surface area contributed by atoms with Gasteiger partial charge in [-0.25, -0.2) is 4.79 Å². The fraction of sp³-hybridized carbons (Fsp3) is 0.458. The van der Waals surface area contributed by atoms with Gasteiger partial charge in [0, 0.05) is 19.3 Å². The number of benzene rings is 1.